The van der Waals surface area contributed by atoms with Gasteiger partial charge in [0.15, 0.2) is 0 Å². The summed E-state index contributed by atoms with van der Waals surface area (Å²) < 4.78 is 5.40. The standard InChI is InChI=1S/C31H48N2O3/c1-5-6-7-8-9-10-11-12-13-14-15-16-17-18-19-20-21-22-23-24-29(34)32-25-27-33(28-26-32)30(35)36-31(2,3)4/h6-7,9-10,12-13,15-16,18-19,21-22H,5,8,11,14,17,20,23-28H2,1-4H3/b7-6+,10-9+,13-12+,16-15+,19-18+,22-21+. The number of ether oxygens (including phenoxy) is 1. The number of hydrogen-bond acceptors (Lipinski definition) is 3. The highest BCUT2D eigenvalue weighted by Crippen LogP contribution is 2.12. The highest BCUT2D eigenvalue weighted by molar-refractivity contribution is 5.77. The number of carbonyl (C=O) groups excluding carboxylic acids is 2. The number of carbonyl (C=O) groups is 2. The van der Waals surface area contributed by atoms with Gasteiger partial charge in [-0.25, -0.2) is 4.79 Å². The molecule has 1 saturated heterocycles. The second kappa shape index (κ2) is 19.4. The van der Waals surface area contributed by atoms with Crippen LogP contribution in [0, 0.1) is 0 Å². The van der Waals surface area contributed by atoms with E-state index in [2.05, 4.69) is 79.8 Å². The molecule has 36 heavy (non-hydrogen) atoms. The maximum Gasteiger partial charge on any atom is 0.410 e. The summed E-state index contributed by atoms with van der Waals surface area (Å²) in [5.41, 5.74) is -0.497. The van der Waals surface area contributed by atoms with Gasteiger partial charge in [0, 0.05) is 32.6 Å². The molecule has 1 aliphatic rings. The minimum atomic E-state index is -0.497. The van der Waals surface area contributed by atoms with E-state index in [1.807, 2.05) is 25.7 Å². The molecule has 2 amide bonds. The molecule has 200 valence electrons. The minimum Gasteiger partial charge on any atom is -0.444 e. The molecule has 0 aliphatic carbocycles. The number of hydrogen-bond donors (Lipinski definition) is 0. The van der Waals surface area contributed by atoms with Gasteiger partial charge >= 0.3 is 6.09 Å². The summed E-state index contributed by atoms with van der Waals surface area (Å²) in [7, 11) is 0. The highest BCUT2D eigenvalue weighted by Gasteiger charge is 2.27. The smallest absolute Gasteiger partial charge is 0.410 e. The zero-order valence-corrected chi connectivity index (χ0v) is 23.0. The summed E-state index contributed by atoms with van der Waals surface area (Å²) in [6.07, 6.45) is 33.0. The van der Waals surface area contributed by atoms with Crippen molar-refractivity contribution in [3.05, 3.63) is 72.9 Å². The summed E-state index contributed by atoms with van der Waals surface area (Å²) in [6, 6.07) is 0. The monoisotopic (exact) mass is 496 g/mol. The third-order valence-electron chi connectivity index (χ3n) is 5.41. The van der Waals surface area contributed by atoms with Gasteiger partial charge in [-0.3, -0.25) is 4.79 Å². The molecule has 1 aliphatic heterocycles. The third-order valence-corrected chi connectivity index (χ3v) is 5.41. The Kier molecular flexibility index (Phi) is 16.8. The summed E-state index contributed by atoms with van der Waals surface area (Å²) in [4.78, 5) is 28.1. The van der Waals surface area contributed by atoms with Crippen molar-refractivity contribution in [3.63, 3.8) is 0 Å². The average Bonchev–Trinajstić information content (AvgIpc) is 2.84. The molecule has 1 rings (SSSR count). The fourth-order valence-corrected chi connectivity index (χ4v) is 3.47. The zero-order chi connectivity index (χ0) is 26.5. The quantitative estimate of drug-likeness (QED) is 0.233. The molecule has 0 radical (unpaired) electrons. The number of piperazine rings is 1. The van der Waals surface area contributed by atoms with Gasteiger partial charge in [0.25, 0.3) is 0 Å². The summed E-state index contributed by atoms with van der Waals surface area (Å²) in [6.45, 7) is 9.93. The van der Waals surface area contributed by atoms with Crippen LogP contribution < -0.4 is 0 Å². The van der Waals surface area contributed by atoms with Gasteiger partial charge in [0.2, 0.25) is 5.91 Å². The van der Waals surface area contributed by atoms with Crippen LogP contribution in [0.1, 0.15) is 79.1 Å². The fourth-order valence-electron chi connectivity index (χ4n) is 3.47. The number of allylic oxidation sites excluding steroid dienone is 12. The first-order chi connectivity index (χ1) is 17.3. The summed E-state index contributed by atoms with van der Waals surface area (Å²) >= 11 is 0. The molecule has 0 saturated carbocycles. The topological polar surface area (TPSA) is 49.9 Å². The summed E-state index contributed by atoms with van der Waals surface area (Å²) in [5.74, 6) is 0.151. The Morgan fingerprint density at radius 1 is 0.639 bits per heavy atom. The van der Waals surface area contributed by atoms with Gasteiger partial charge < -0.3 is 14.5 Å². The molecular weight excluding hydrogens is 448 g/mol. The average molecular weight is 497 g/mol. The predicted molar refractivity (Wildman–Crippen MR) is 152 cm³/mol. The van der Waals surface area contributed by atoms with Crippen LogP contribution in [0.5, 0.6) is 0 Å². The zero-order valence-electron chi connectivity index (χ0n) is 23.0. The van der Waals surface area contributed by atoms with Crippen LogP contribution in [0.3, 0.4) is 0 Å². The fraction of sp³-hybridized carbons (Fsp3) is 0.548. The van der Waals surface area contributed by atoms with E-state index in [9.17, 15) is 9.59 Å². The molecule has 1 fully saturated rings. The Balaban J connectivity index is 2.06. The largest absolute Gasteiger partial charge is 0.444 e. The van der Waals surface area contributed by atoms with Gasteiger partial charge in [-0.15, -0.1) is 0 Å². The van der Waals surface area contributed by atoms with E-state index in [0.29, 0.717) is 32.6 Å². The van der Waals surface area contributed by atoms with Crippen LogP contribution in [0.25, 0.3) is 0 Å². The van der Waals surface area contributed by atoms with Crippen LogP contribution in [-0.2, 0) is 9.53 Å². The number of amides is 2. The van der Waals surface area contributed by atoms with Crippen LogP contribution in [-0.4, -0.2) is 53.6 Å². The van der Waals surface area contributed by atoms with Crippen molar-refractivity contribution >= 4 is 12.0 Å². The van der Waals surface area contributed by atoms with E-state index in [1.54, 1.807) is 4.90 Å². The van der Waals surface area contributed by atoms with Gasteiger partial charge in [-0.05, 0) is 65.7 Å². The number of nitrogens with zero attached hydrogens (tertiary/aromatic N) is 2. The van der Waals surface area contributed by atoms with Gasteiger partial charge in [0.05, 0.1) is 0 Å². The Morgan fingerprint density at radius 2 is 1.03 bits per heavy atom. The molecule has 0 bridgehead atoms. The van der Waals surface area contributed by atoms with Crippen molar-refractivity contribution in [1.82, 2.24) is 9.80 Å². The molecule has 0 aromatic carbocycles. The van der Waals surface area contributed by atoms with Crippen LogP contribution in [0.2, 0.25) is 0 Å². The molecule has 0 unspecified atom stereocenters. The van der Waals surface area contributed by atoms with Crippen molar-refractivity contribution in [3.8, 4) is 0 Å². The van der Waals surface area contributed by atoms with E-state index in [0.717, 1.165) is 44.9 Å². The van der Waals surface area contributed by atoms with Gasteiger partial charge in [0.1, 0.15) is 5.60 Å². The SMILES string of the molecule is CC/C=C/C/C=C/C/C=C/C/C=C/C/C=C/C/C=C/CCC(=O)N1CCN(C(=O)OC(C)(C)C)CC1. The molecule has 5 heteroatoms. The lowest BCUT2D eigenvalue weighted by Crippen LogP contribution is -2.51. The lowest BCUT2D eigenvalue weighted by atomic mass is 10.2. The van der Waals surface area contributed by atoms with Gasteiger partial charge in [-0.2, -0.15) is 0 Å². The normalized spacial score (nSPS) is 15.7. The lowest BCUT2D eigenvalue weighted by Gasteiger charge is -2.35. The van der Waals surface area contributed by atoms with E-state index in [-0.39, 0.29) is 12.0 Å². The molecule has 5 nitrogen and oxygen atoms in total. The molecule has 1 heterocycles. The molecule has 0 aromatic heterocycles. The Labute approximate surface area is 220 Å². The second-order valence-corrected chi connectivity index (χ2v) is 9.80. The second-order valence-electron chi connectivity index (χ2n) is 9.80. The Hall–Kier alpha value is -2.82. The first-order valence-electron chi connectivity index (χ1n) is 13.5. The van der Waals surface area contributed by atoms with Crippen LogP contribution in [0.15, 0.2) is 72.9 Å². The molecular formula is C31H48N2O3. The first-order valence-corrected chi connectivity index (χ1v) is 13.5. The van der Waals surface area contributed by atoms with E-state index < -0.39 is 5.60 Å². The van der Waals surface area contributed by atoms with Crippen molar-refractivity contribution in [2.75, 3.05) is 26.2 Å². The van der Waals surface area contributed by atoms with Crippen LogP contribution in [0.4, 0.5) is 4.79 Å². The maximum atomic E-state index is 12.4. The predicted octanol–water partition coefficient (Wildman–Crippen LogP) is 7.54. The highest BCUT2D eigenvalue weighted by atomic mass is 16.6. The lowest BCUT2D eigenvalue weighted by molar-refractivity contribution is -0.132. The molecule has 0 spiro atoms. The first kappa shape index (κ1) is 31.2. The third kappa shape index (κ3) is 16.7. The maximum absolute atomic E-state index is 12.4. The molecule has 0 aromatic rings. The Bertz CT molecular complexity index is 789. The molecule has 0 atom stereocenters. The van der Waals surface area contributed by atoms with E-state index >= 15 is 0 Å². The van der Waals surface area contributed by atoms with Crippen molar-refractivity contribution in [2.45, 2.75) is 84.7 Å². The minimum absolute atomic E-state index is 0.151. The molecule has 0 N–H and O–H groups in total. The van der Waals surface area contributed by atoms with E-state index in [4.69, 9.17) is 4.74 Å². The van der Waals surface area contributed by atoms with E-state index in [1.165, 1.54) is 0 Å². The summed E-state index contributed by atoms with van der Waals surface area (Å²) in [5, 5.41) is 0. The van der Waals surface area contributed by atoms with Crippen molar-refractivity contribution in [1.29, 1.82) is 0 Å². The van der Waals surface area contributed by atoms with Crippen LogP contribution >= 0.6 is 0 Å². The number of rotatable bonds is 14. The van der Waals surface area contributed by atoms with Crippen molar-refractivity contribution in [2.24, 2.45) is 0 Å². The van der Waals surface area contributed by atoms with Crippen molar-refractivity contribution < 1.29 is 14.3 Å². The Morgan fingerprint density at radius 3 is 1.44 bits per heavy atom. The van der Waals surface area contributed by atoms with Gasteiger partial charge in [-0.1, -0.05) is 79.8 Å².